The van der Waals surface area contributed by atoms with Crippen LogP contribution in [0, 0.1) is 0 Å². The molecule has 2 aromatic carbocycles. The van der Waals surface area contributed by atoms with Gasteiger partial charge in [-0.1, -0.05) is 55.3 Å². The standard InChI is InChI=1S/C18H21NO/c20-18-9-5-4-8-17(18)19-16-12-10-15(11-13-16)14-6-2-1-3-7-14/h1-3,6-7,10-13,17-20H,4-5,8-9H2/t17-,18-/m1/s1. The van der Waals surface area contributed by atoms with Crippen LogP contribution in [0.1, 0.15) is 25.7 Å². The van der Waals surface area contributed by atoms with Crippen LogP contribution in [0.5, 0.6) is 0 Å². The normalized spacial score (nSPS) is 22.4. The van der Waals surface area contributed by atoms with Gasteiger partial charge in [-0.3, -0.25) is 0 Å². The van der Waals surface area contributed by atoms with Crippen LogP contribution in [0.25, 0.3) is 11.1 Å². The van der Waals surface area contributed by atoms with Crippen molar-refractivity contribution in [2.45, 2.75) is 37.8 Å². The number of nitrogens with one attached hydrogen (secondary N) is 1. The molecule has 2 atom stereocenters. The lowest BCUT2D eigenvalue weighted by Crippen LogP contribution is -2.36. The van der Waals surface area contributed by atoms with Gasteiger partial charge in [0.15, 0.2) is 0 Å². The summed E-state index contributed by atoms with van der Waals surface area (Å²) in [5, 5.41) is 13.5. The molecular formula is C18H21NO. The molecule has 2 N–H and O–H groups in total. The average molecular weight is 267 g/mol. The molecule has 0 aliphatic heterocycles. The lowest BCUT2D eigenvalue weighted by Gasteiger charge is -2.29. The van der Waals surface area contributed by atoms with E-state index in [0.29, 0.717) is 0 Å². The van der Waals surface area contributed by atoms with Crippen molar-refractivity contribution in [3.63, 3.8) is 0 Å². The molecule has 0 bridgehead atoms. The zero-order chi connectivity index (χ0) is 13.8. The van der Waals surface area contributed by atoms with E-state index in [0.717, 1.165) is 24.9 Å². The Kier molecular flexibility index (Phi) is 4.03. The molecule has 2 nitrogen and oxygen atoms in total. The number of hydrogen-bond acceptors (Lipinski definition) is 2. The van der Waals surface area contributed by atoms with E-state index >= 15 is 0 Å². The number of rotatable bonds is 3. The van der Waals surface area contributed by atoms with Gasteiger partial charge in [-0.25, -0.2) is 0 Å². The fourth-order valence-electron chi connectivity index (χ4n) is 2.88. The highest BCUT2D eigenvalue weighted by Crippen LogP contribution is 2.25. The van der Waals surface area contributed by atoms with Crippen LogP contribution in [-0.2, 0) is 0 Å². The van der Waals surface area contributed by atoms with E-state index in [1.54, 1.807) is 0 Å². The van der Waals surface area contributed by atoms with E-state index in [9.17, 15) is 5.11 Å². The van der Waals surface area contributed by atoms with Crippen molar-refractivity contribution in [3.8, 4) is 11.1 Å². The van der Waals surface area contributed by atoms with Crippen molar-refractivity contribution >= 4 is 5.69 Å². The molecule has 1 aliphatic carbocycles. The van der Waals surface area contributed by atoms with Gasteiger partial charge < -0.3 is 10.4 Å². The topological polar surface area (TPSA) is 32.3 Å². The van der Waals surface area contributed by atoms with Gasteiger partial charge in [0.2, 0.25) is 0 Å². The Balaban J connectivity index is 1.70. The second-order valence-corrected chi connectivity index (χ2v) is 5.55. The van der Waals surface area contributed by atoms with E-state index in [2.05, 4.69) is 53.8 Å². The Labute approximate surface area is 120 Å². The molecule has 0 spiro atoms. The highest BCUT2D eigenvalue weighted by Gasteiger charge is 2.22. The van der Waals surface area contributed by atoms with Crippen LogP contribution in [0.3, 0.4) is 0 Å². The van der Waals surface area contributed by atoms with Crippen LogP contribution in [0.15, 0.2) is 54.6 Å². The van der Waals surface area contributed by atoms with Crippen LogP contribution < -0.4 is 5.32 Å². The first-order valence-corrected chi connectivity index (χ1v) is 7.43. The van der Waals surface area contributed by atoms with Crippen LogP contribution in [0.2, 0.25) is 0 Å². The van der Waals surface area contributed by atoms with E-state index in [4.69, 9.17) is 0 Å². The van der Waals surface area contributed by atoms with Crippen molar-refractivity contribution in [3.05, 3.63) is 54.6 Å². The van der Waals surface area contributed by atoms with Gasteiger partial charge in [0.1, 0.15) is 0 Å². The number of hydrogen-bond donors (Lipinski definition) is 2. The Morgan fingerprint density at radius 2 is 1.45 bits per heavy atom. The van der Waals surface area contributed by atoms with Crippen LogP contribution in [0.4, 0.5) is 5.69 Å². The molecule has 1 saturated carbocycles. The first kappa shape index (κ1) is 13.2. The second-order valence-electron chi connectivity index (χ2n) is 5.55. The second kappa shape index (κ2) is 6.10. The van der Waals surface area contributed by atoms with E-state index in [-0.39, 0.29) is 12.1 Å². The molecule has 3 rings (SSSR count). The molecule has 0 saturated heterocycles. The van der Waals surface area contributed by atoms with Crippen molar-refractivity contribution in [1.82, 2.24) is 0 Å². The van der Waals surface area contributed by atoms with Gasteiger partial charge >= 0.3 is 0 Å². The summed E-state index contributed by atoms with van der Waals surface area (Å²) in [5.41, 5.74) is 3.55. The van der Waals surface area contributed by atoms with Crippen molar-refractivity contribution in [1.29, 1.82) is 0 Å². The number of aliphatic hydroxyl groups is 1. The first-order chi connectivity index (χ1) is 9.83. The molecule has 0 unspecified atom stereocenters. The number of aliphatic hydroxyl groups excluding tert-OH is 1. The minimum absolute atomic E-state index is 0.200. The van der Waals surface area contributed by atoms with Gasteiger partial charge in [0.05, 0.1) is 12.1 Å². The smallest absolute Gasteiger partial charge is 0.0741 e. The minimum Gasteiger partial charge on any atom is -0.391 e. The fourth-order valence-corrected chi connectivity index (χ4v) is 2.88. The molecule has 2 aromatic rings. The Bertz CT molecular complexity index is 535. The minimum atomic E-state index is -0.211. The molecule has 20 heavy (non-hydrogen) atoms. The lowest BCUT2D eigenvalue weighted by atomic mass is 9.92. The number of anilines is 1. The maximum Gasteiger partial charge on any atom is 0.0741 e. The van der Waals surface area contributed by atoms with Crippen LogP contribution >= 0.6 is 0 Å². The number of benzene rings is 2. The summed E-state index contributed by atoms with van der Waals surface area (Å²) in [7, 11) is 0. The average Bonchev–Trinajstić information content (AvgIpc) is 2.51. The molecule has 104 valence electrons. The summed E-state index contributed by atoms with van der Waals surface area (Å²) in [6.07, 6.45) is 4.11. The largest absolute Gasteiger partial charge is 0.391 e. The lowest BCUT2D eigenvalue weighted by molar-refractivity contribution is 0.116. The predicted octanol–water partition coefficient (Wildman–Crippen LogP) is 4.07. The molecule has 1 aliphatic rings. The monoisotopic (exact) mass is 267 g/mol. The molecule has 0 amide bonds. The van der Waals surface area contributed by atoms with Crippen molar-refractivity contribution in [2.24, 2.45) is 0 Å². The maximum absolute atomic E-state index is 10.0. The predicted molar refractivity (Wildman–Crippen MR) is 83.8 cm³/mol. The van der Waals surface area contributed by atoms with Crippen molar-refractivity contribution < 1.29 is 5.11 Å². The summed E-state index contributed by atoms with van der Waals surface area (Å²) in [6.45, 7) is 0. The molecular weight excluding hydrogens is 246 g/mol. The quantitative estimate of drug-likeness (QED) is 0.878. The van der Waals surface area contributed by atoms with Gasteiger partial charge in [-0.15, -0.1) is 0 Å². The molecule has 1 fully saturated rings. The third kappa shape index (κ3) is 3.02. The van der Waals surface area contributed by atoms with Gasteiger partial charge in [0.25, 0.3) is 0 Å². The Hall–Kier alpha value is -1.80. The summed E-state index contributed by atoms with van der Waals surface area (Å²) in [5.74, 6) is 0. The van der Waals surface area contributed by atoms with E-state index in [1.807, 2.05) is 6.07 Å². The fraction of sp³-hybridized carbons (Fsp3) is 0.333. The van der Waals surface area contributed by atoms with E-state index in [1.165, 1.54) is 17.5 Å². The van der Waals surface area contributed by atoms with Crippen LogP contribution in [-0.4, -0.2) is 17.3 Å². The first-order valence-electron chi connectivity index (χ1n) is 7.43. The molecule has 2 heteroatoms. The SMILES string of the molecule is O[C@@H]1CCCC[C@H]1Nc1ccc(-c2ccccc2)cc1. The van der Waals surface area contributed by atoms with E-state index < -0.39 is 0 Å². The molecule has 0 heterocycles. The zero-order valence-electron chi connectivity index (χ0n) is 11.6. The zero-order valence-corrected chi connectivity index (χ0v) is 11.6. The summed E-state index contributed by atoms with van der Waals surface area (Å²) >= 11 is 0. The summed E-state index contributed by atoms with van der Waals surface area (Å²) < 4.78 is 0. The molecule has 0 aromatic heterocycles. The third-order valence-electron chi connectivity index (χ3n) is 4.07. The Morgan fingerprint density at radius 3 is 2.15 bits per heavy atom. The maximum atomic E-state index is 10.0. The highest BCUT2D eigenvalue weighted by molar-refractivity contribution is 5.65. The van der Waals surface area contributed by atoms with Gasteiger partial charge in [-0.05, 0) is 36.1 Å². The Morgan fingerprint density at radius 1 is 0.800 bits per heavy atom. The van der Waals surface area contributed by atoms with Crippen molar-refractivity contribution in [2.75, 3.05) is 5.32 Å². The summed E-state index contributed by atoms with van der Waals surface area (Å²) in [6, 6.07) is 19.0. The third-order valence-corrected chi connectivity index (χ3v) is 4.07. The summed E-state index contributed by atoms with van der Waals surface area (Å²) in [4.78, 5) is 0. The highest BCUT2D eigenvalue weighted by atomic mass is 16.3. The molecule has 0 radical (unpaired) electrons. The van der Waals surface area contributed by atoms with Gasteiger partial charge in [0, 0.05) is 5.69 Å². The van der Waals surface area contributed by atoms with Gasteiger partial charge in [-0.2, -0.15) is 0 Å².